The fraction of sp³-hybridized carbons (Fsp3) is 0.935. The van der Waals surface area contributed by atoms with Gasteiger partial charge in [0.05, 0.1) is 26.4 Å². The van der Waals surface area contributed by atoms with E-state index in [2.05, 4.69) is 74.3 Å². The summed E-state index contributed by atoms with van der Waals surface area (Å²) in [5.41, 5.74) is -1.85. The van der Waals surface area contributed by atoms with Crippen LogP contribution in [0.15, 0.2) is 0 Å². The number of esters is 4. The highest BCUT2D eigenvalue weighted by Crippen LogP contribution is 2.66. The summed E-state index contributed by atoms with van der Waals surface area (Å²) in [6, 6.07) is 0. The third kappa shape index (κ3) is 27.8. The lowest BCUT2D eigenvalue weighted by Crippen LogP contribution is -2.58. The van der Waals surface area contributed by atoms with Crippen molar-refractivity contribution in [2.24, 2.45) is 39.4 Å². The van der Waals surface area contributed by atoms with Gasteiger partial charge in [0.25, 0.3) is 0 Å². The zero-order valence-electron chi connectivity index (χ0n) is 48.4. The highest BCUT2D eigenvalue weighted by molar-refractivity contribution is 5.70. The van der Waals surface area contributed by atoms with Crippen LogP contribution in [0.25, 0.3) is 0 Å². The molecule has 0 aromatic rings. The molecule has 2 rings (SSSR count). The minimum atomic E-state index is -0.487. The van der Waals surface area contributed by atoms with Crippen molar-refractivity contribution in [3.05, 3.63) is 0 Å². The average molecular weight is 1000 g/mol. The molecule has 0 spiro atoms. The Labute approximate surface area is 438 Å². The van der Waals surface area contributed by atoms with Gasteiger partial charge in [0.15, 0.2) is 0 Å². The van der Waals surface area contributed by atoms with Crippen molar-refractivity contribution < 1.29 is 38.1 Å². The van der Waals surface area contributed by atoms with Crippen molar-refractivity contribution in [2.45, 2.75) is 287 Å². The zero-order valence-corrected chi connectivity index (χ0v) is 48.4. The van der Waals surface area contributed by atoms with E-state index < -0.39 is 21.7 Å². The van der Waals surface area contributed by atoms with Gasteiger partial charge in [0.1, 0.15) is 0 Å². The van der Waals surface area contributed by atoms with Crippen molar-refractivity contribution in [3.8, 4) is 0 Å². The van der Waals surface area contributed by atoms with Crippen LogP contribution in [-0.2, 0) is 38.1 Å². The predicted molar refractivity (Wildman–Crippen MR) is 294 cm³/mol. The topological polar surface area (TPSA) is 108 Å². The summed E-state index contributed by atoms with van der Waals surface area (Å²) in [6.45, 7) is 22.8. The third-order valence-corrected chi connectivity index (χ3v) is 16.6. The molecular formula is C62H115NO8. The second-order valence-corrected chi connectivity index (χ2v) is 24.7. The van der Waals surface area contributed by atoms with Crippen LogP contribution in [0.2, 0.25) is 0 Å². The molecule has 0 N–H and O–H groups in total. The van der Waals surface area contributed by atoms with Gasteiger partial charge in [-0.25, -0.2) is 0 Å². The highest BCUT2D eigenvalue weighted by Gasteiger charge is 2.61. The molecule has 9 heteroatoms. The largest absolute Gasteiger partial charge is 0.465 e. The van der Waals surface area contributed by atoms with Crippen molar-refractivity contribution in [3.63, 3.8) is 0 Å². The van der Waals surface area contributed by atoms with Crippen LogP contribution in [0.3, 0.4) is 0 Å². The van der Waals surface area contributed by atoms with Crippen LogP contribution in [0, 0.1) is 39.4 Å². The molecule has 0 amide bonds. The molecule has 0 aromatic carbocycles. The summed E-state index contributed by atoms with van der Waals surface area (Å²) in [5.74, 6) is 0.785. The average Bonchev–Trinajstić information content (AvgIpc) is 3.33. The molecule has 0 heterocycles. The molecule has 0 radical (unpaired) electrons. The van der Waals surface area contributed by atoms with Gasteiger partial charge in [0.2, 0.25) is 0 Å². The molecule has 0 aromatic heterocycles. The lowest BCUT2D eigenvalue weighted by molar-refractivity contribution is -0.196. The number of fused-ring (bicyclic) bond motifs is 2. The van der Waals surface area contributed by atoms with Crippen LogP contribution >= 0.6 is 0 Å². The van der Waals surface area contributed by atoms with Gasteiger partial charge in [-0.05, 0) is 109 Å². The number of nitrogens with zero attached hydrogens (tertiary/aromatic N) is 1. The molecule has 2 aliphatic carbocycles. The van der Waals surface area contributed by atoms with Crippen molar-refractivity contribution in [1.29, 1.82) is 0 Å². The number of carbonyl (C=O) groups is 4. The molecule has 0 saturated heterocycles. The lowest BCUT2D eigenvalue weighted by Gasteiger charge is -2.62. The Balaban J connectivity index is 2.48. The minimum absolute atomic E-state index is 0.119. The molecule has 9 nitrogen and oxygen atoms in total. The molecule has 71 heavy (non-hydrogen) atoms. The molecule has 4 unspecified atom stereocenters. The van der Waals surface area contributed by atoms with E-state index in [1.807, 2.05) is 0 Å². The van der Waals surface area contributed by atoms with Gasteiger partial charge < -0.3 is 23.8 Å². The number of rotatable bonds is 44. The van der Waals surface area contributed by atoms with Gasteiger partial charge in [0, 0.05) is 47.3 Å². The first kappa shape index (κ1) is 65.0. The van der Waals surface area contributed by atoms with Crippen LogP contribution in [0.1, 0.15) is 287 Å². The van der Waals surface area contributed by atoms with Gasteiger partial charge in [-0.15, -0.1) is 0 Å². The zero-order chi connectivity index (χ0) is 52.4. The molecule has 2 bridgehead atoms. The minimum Gasteiger partial charge on any atom is -0.465 e. The Bertz CT molecular complexity index is 1410. The molecule has 2 saturated carbocycles. The van der Waals surface area contributed by atoms with Crippen LogP contribution < -0.4 is 0 Å². The van der Waals surface area contributed by atoms with E-state index in [1.165, 1.54) is 70.6 Å². The van der Waals surface area contributed by atoms with Crippen LogP contribution in [0.4, 0.5) is 0 Å². The van der Waals surface area contributed by atoms with Gasteiger partial charge in [-0.3, -0.25) is 19.2 Å². The summed E-state index contributed by atoms with van der Waals surface area (Å²) in [5, 5.41) is 0. The molecule has 0 aliphatic heterocycles. The molecular weight excluding hydrogens is 887 g/mol. The maximum atomic E-state index is 14.1. The smallest absolute Gasteiger partial charge is 0.306 e. The van der Waals surface area contributed by atoms with Crippen LogP contribution in [0.5, 0.6) is 0 Å². The number of carbonyl (C=O) groups excluding carboxylic acids is 4. The van der Waals surface area contributed by atoms with Crippen molar-refractivity contribution in [2.75, 3.05) is 46.6 Å². The standard InChI is InChI=1S/C62H115NO8/c1-11-18-24-34-53(35-25-19-12-2)41-57(66)69-49-60(9)45-61(50-70-55(64)38-29-28-33-52(31-22-15-5)32-23-16-6)43-59(8,48-68-56(65)39-30-40-63(10)17-7)44-62(46-60,47-61)51-71-58(67)42-54(36-26-20-13-3)37-27-21-14-4/h52-54H,11-51H2,1-10H3. The molecule has 4 atom stereocenters. The predicted octanol–water partition coefficient (Wildman–Crippen LogP) is 16.7. The summed E-state index contributed by atoms with van der Waals surface area (Å²) >= 11 is 0. The third-order valence-electron chi connectivity index (χ3n) is 16.6. The Morgan fingerprint density at radius 1 is 0.394 bits per heavy atom. The van der Waals surface area contributed by atoms with E-state index >= 15 is 0 Å². The number of unbranched alkanes of at least 4 members (excludes halogenated alkanes) is 11. The van der Waals surface area contributed by atoms with E-state index in [0.29, 0.717) is 63.2 Å². The second kappa shape index (κ2) is 36.7. The molecule has 416 valence electrons. The van der Waals surface area contributed by atoms with Gasteiger partial charge >= 0.3 is 23.9 Å². The maximum Gasteiger partial charge on any atom is 0.306 e. The fourth-order valence-electron chi connectivity index (χ4n) is 13.3. The van der Waals surface area contributed by atoms with Gasteiger partial charge in [-0.2, -0.15) is 0 Å². The monoisotopic (exact) mass is 1000 g/mol. The first-order valence-electron chi connectivity index (χ1n) is 30.4. The normalized spacial score (nSPS) is 22.1. The van der Waals surface area contributed by atoms with Crippen LogP contribution in [-0.4, -0.2) is 75.3 Å². The van der Waals surface area contributed by atoms with E-state index in [-0.39, 0.29) is 50.3 Å². The number of hydrogen-bond acceptors (Lipinski definition) is 9. The number of ether oxygens (including phenoxy) is 4. The number of hydrogen-bond donors (Lipinski definition) is 0. The van der Waals surface area contributed by atoms with E-state index in [4.69, 9.17) is 18.9 Å². The first-order chi connectivity index (χ1) is 34.0. The molecule has 2 fully saturated rings. The summed E-state index contributed by atoms with van der Waals surface area (Å²) < 4.78 is 25.5. The maximum absolute atomic E-state index is 14.1. The Hall–Kier alpha value is -2.16. The SMILES string of the molecule is CCCCCC(CCCCC)CC(=O)OCC1(C)CC2(COC(=O)CCCCC(CCCC)CCCC)CC(C)(COC(=O)CCCN(C)CC)CC(COC(=O)CC(CCCCC)CCCCC)(C1)C2. The van der Waals surface area contributed by atoms with Gasteiger partial charge in [-0.1, -0.05) is 191 Å². The fourth-order valence-corrected chi connectivity index (χ4v) is 13.3. The summed E-state index contributed by atoms with van der Waals surface area (Å²) in [4.78, 5) is 57.3. The summed E-state index contributed by atoms with van der Waals surface area (Å²) in [6.07, 6.45) is 34.6. The van der Waals surface area contributed by atoms with E-state index in [9.17, 15) is 19.2 Å². The molecule has 2 aliphatic rings. The second-order valence-electron chi connectivity index (χ2n) is 24.7. The van der Waals surface area contributed by atoms with E-state index in [0.717, 1.165) is 122 Å². The van der Waals surface area contributed by atoms with Crippen molar-refractivity contribution in [1.82, 2.24) is 4.90 Å². The lowest BCUT2D eigenvalue weighted by atomic mass is 9.44. The Morgan fingerprint density at radius 3 is 1.11 bits per heavy atom. The summed E-state index contributed by atoms with van der Waals surface area (Å²) in [7, 11) is 2.07. The Kier molecular flexibility index (Phi) is 33.6. The first-order valence-corrected chi connectivity index (χ1v) is 30.4. The quantitative estimate of drug-likeness (QED) is 0.0335. The highest BCUT2D eigenvalue weighted by atomic mass is 16.5. The van der Waals surface area contributed by atoms with E-state index in [1.54, 1.807) is 0 Å². The Morgan fingerprint density at radius 2 is 0.718 bits per heavy atom. The van der Waals surface area contributed by atoms with Crippen molar-refractivity contribution >= 4 is 23.9 Å².